The number of phosphoric acid groups is 2. The third kappa shape index (κ3) is 74.1. The first-order valence-corrected chi connectivity index (χ1v) is 44.2. The number of carbonyl (C=O) groups excluding carboxylic acids is 4. The summed E-state index contributed by atoms with van der Waals surface area (Å²) < 4.78 is 68.6. The molecule has 3 N–H and O–H groups in total. The first-order chi connectivity index (χ1) is 47.6. The lowest BCUT2D eigenvalue weighted by atomic mass is 10.0. The van der Waals surface area contributed by atoms with E-state index in [-0.39, 0.29) is 25.7 Å². The maximum Gasteiger partial charge on any atom is 0.472 e. The van der Waals surface area contributed by atoms with E-state index in [9.17, 15) is 43.2 Å². The third-order valence-corrected chi connectivity index (χ3v) is 20.5. The van der Waals surface area contributed by atoms with Gasteiger partial charge in [0.05, 0.1) is 26.4 Å². The van der Waals surface area contributed by atoms with Crippen LogP contribution in [-0.4, -0.2) is 96.7 Å². The molecule has 0 fully saturated rings. The summed E-state index contributed by atoms with van der Waals surface area (Å²) in [5.41, 5.74) is 0. The smallest absolute Gasteiger partial charge is 0.462 e. The number of unbranched alkanes of at least 4 members (excludes halogenated alkanes) is 43. The molecule has 19 heteroatoms. The van der Waals surface area contributed by atoms with Crippen LogP contribution in [0.25, 0.3) is 0 Å². The van der Waals surface area contributed by atoms with E-state index in [4.69, 9.17) is 37.0 Å². The van der Waals surface area contributed by atoms with E-state index in [1.165, 1.54) is 205 Å². The van der Waals surface area contributed by atoms with Crippen molar-refractivity contribution in [2.24, 2.45) is 23.7 Å². The van der Waals surface area contributed by atoms with Crippen LogP contribution in [0.2, 0.25) is 0 Å². The van der Waals surface area contributed by atoms with E-state index < -0.39 is 97.5 Å². The monoisotopic (exact) mass is 1450 g/mol. The van der Waals surface area contributed by atoms with Crippen molar-refractivity contribution in [1.82, 2.24) is 0 Å². The molecule has 17 nitrogen and oxygen atoms in total. The average molecular weight is 1450 g/mol. The van der Waals surface area contributed by atoms with Crippen molar-refractivity contribution in [3.63, 3.8) is 0 Å². The summed E-state index contributed by atoms with van der Waals surface area (Å²) in [4.78, 5) is 72.9. The molecule has 588 valence electrons. The Hall–Kier alpha value is -1.94. The van der Waals surface area contributed by atoms with Crippen molar-refractivity contribution in [2.75, 3.05) is 39.6 Å². The Balaban J connectivity index is 5.23. The minimum Gasteiger partial charge on any atom is -0.462 e. The van der Waals surface area contributed by atoms with Gasteiger partial charge < -0.3 is 33.8 Å². The Morgan fingerprint density at radius 3 is 0.626 bits per heavy atom. The summed E-state index contributed by atoms with van der Waals surface area (Å²) in [7, 11) is -9.92. The molecule has 0 rings (SSSR count). The topological polar surface area (TPSA) is 237 Å². The third-order valence-electron chi connectivity index (χ3n) is 18.6. The van der Waals surface area contributed by atoms with E-state index in [0.717, 1.165) is 114 Å². The molecule has 0 aromatic heterocycles. The van der Waals surface area contributed by atoms with Crippen LogP contribution in [0.1, 0.15) is 409 Å². The Bertz CT molecular complexity index is 1940. The minimum atomic E-state index is -4.96. The second-order valence-corrected chi connectivity index (χ2v) is 33.6. The molecule has 0 saturated heterocycles. The van der Waals surface area contributed by atoms with E-state index in [1.807, 2.05) is 0 Å². The normalized spacial score (nSPS) is 14.1. The fourth-order valence-corrected chi connectivity index (χ4v) is 13.8. The van der Waals surface area contributed by atoms with Gasteiger partial charge in [0.15, 0.2) is 12.2 Å². The standard InChI is InChI=1S/C80H156O17P2/c1-70(2)56-48-40-32-26-20-15-11-9-10-12-18-24-30-36-46-54-62-79(84)96-75(66-90-77(82)60-52-44-35-29-23-17-14-13-16-21-27-33-41-49-57-71(3)4)68-94-98(86,87)92-64-74(81)65-93-99(88,89)95-69-76(67-91-78(83)61-53-45-39-38-43-51-59-73(7)8)97-80(85)63-55-47-37-31-25-19-22-28-34-42-50-58-72(5)6/h70-76,81H,9-69H2,1-8H3,(H,86,87)(H,88,89)/t74-,75-,76-/m1/s1. The zero-order chi connectivity index (χ0) is 73.1. The number of hydrogen-bond acceptors (Lipinski definition) is 15. The van der Waals surface area contributed by atoms with E-state index in [1.54, 1.807) is 0 Å². The van der Waals surface area contributed by atoms with Gasteiger partial charge in [-0.15, -0.1) is 0 Å². The van der Waals surface area contributed by atoms with Crippen LogP contribution in [0, 0.1) is 23.7 Å². The Kier molecular flexibility index (Phi) is 67.8. The quantitative estimate of drug-likeness (QED) is 0.0222. The van der Waals surface area contributed by atoms with Crippen molar-refractivity contribution >= 4 is 39.5 Å². The largest absolute Gasteiger partial charge is 0.472 e. The Labute approximate surface area is 607 Å². The van der Waals surface area contributed by atoms with E-state index >= 15 is 0 Å². The van der Waals surface area contributed by atoms with Crippen molar-refractivity contribution in [1.29, 1.82) is 0 Å². The van der Waals surface area contributed by atoms with Crippen LogP contribution in [-0.2, 0) is 65.4 Å². The van der Waals surface area contributed by atoms with E-state index in [0.29, 0.717) is 31.6 Å². The number of esters is 4. The molecule has 0 aliphatic rings. The van der Waals surface area contributed by atoms with Gasteiger partial charge in [0.2, 0.25) is 0 Å². The Morgan fingerprint density at radius 2 is 0.424 bits per heavy atom. The molecule has 0 aromatic rings. The first kappa shape index (κ1) is 97.1. The Morgan fingerprint density at radius 1 is 0.253 bits per heavy atom. The highest BCUT2D eigenvalue weighted by Crippen LogP contribution is 2.45. The molecule has 0 heterocycles. The lowest BCUT2D eigenvalue weighted by Crippen LogP contribution is -2.30. The number of rotatable bonds is 77. The van der Waals surface area contributed by atoms with Gasteiger partial charge in [-0.2, -0.15) is 0 Å². The number of carbonyl (C=O) groups is 4. The van der Waals surface area contributed by atoms with Gasteiger partial charge in [-0.25, -0.2) is 9.13 Å². The molecule has 0 spiro atoms. The summed E-state index contributed by atoms with van der Waals surface area (Å²) in [5.74, 6) is 0.936. The molecule has 0 aromatic carbocycles. The van der Waals surface area contributed by atoms with Crippen LogP contribution >= 0.6 is 15.6 Å². The number of phosphoric ester groups is 2. The van der Waals surface area contributed by atoms with Gasteiger partial charge in [0.25, 0.3) is 0 Å². The summed E-state index contributed by atoms with van der Waals surface area (Å²) in [6.07, 6.45) is 55.7. The molecule has 99 heavy (non-hydrogen) atoms. The maximum absolute atomic E-state index is 13.1. The van der Waals surface area contributed by atoms with Crippen LogP contribution in [0.4, 0.5) is 0 Å². The lowest BCUT2D eigenvalue weighted by Gasteiger charge is -2.21. The molecule has 5 atom stereocenters. The fraction of sp³-hybridized carbons (Fsp3) is 0.950. The molecule has 0 radical (unpaired) electrons. The maximum atomic E-state index is 13.1. The van der Waals surface area contributed by atoms with Crippen LogP contribution in [0.3, 0.4) is 0 Å². The molecule has 0 amide bonds. The predicted molar refractivity (Wildman–Crippen MR) is 404 cm³/mol. The molecule has 2 unspecified atom stereocenters. The molecule has 0 saturated carbocycles. The summed E-state index contributed by atoms with van der Waals surface area (Å²) in [6.45, 7) is 14.2. The highest BCUT2D eigenvalue weighted by Gasteiger charge is 2.30. The SMILES string of the molecule is CC(C)CCCCCCCCCCCCCCCCCCC(=O)O[C@H](COC(=O)CCCCCCCCCCCCCCCCC(C)C)COP(=O)(O)OC[C@@H](O)COP(=O)(O)OC[C@@H](COC(=O)CCCCCCCCC(C)C)OC(=O)CCCCCCCCCCCCCC(C)C. The molecule has 0 aliphatic heterocycles. The zero-order valence-corrected chi connectivity index (χ0v) is 66.9. The zero-order valence-electron chi connectivity index (χ0n) is 65.1. The molecule has 0 bridgehead atoms. The van der Waals surface area contributed by atoms with E-state index in [2.05, 4.69) is 55.4 Å². The van der Waals surface area contributed by atoms with Crippen LogP contribution < -0.4 is 0 Å². The number of ether oxygens (including phenoxy) is 4. The lowest BCUT2D eigenvalue weighted by molar-refractivity contribution is -0.161. The molecule has 0 aliphatic carbocycles. The predicted octanol–water partition coefficient (Wildman–Crippen LogP) is 23.6. The minimum absolute atomic E-state index is 0.105. The highest BCUT2D eigenvalue weighted by atomic mass is 31.2. The summed E-state index contributed by atoms with van der Waals surface area (Å²) >= 11 is 0. The second kappa shape index (κ2) is 69.1. The van der Waals surface area contributed by atoms with Gasteiger partial charge in [-0.05, 0) is 49.4 Å². The van der Waals surface area contributed by atoms with Crippen LogP contribution in [0.15, 0.2) is 0 Å². The average Bonchev–Trinajstić information content (AvgIpc) is 1.05. The molecular formula is C80H156O17P2. The molecular weight excluding hydrogens is 1290 g/mol. The number of aliphatic hydroxyl groups is 1. The van der Waals surface area contributed by atoms with Gasteiger partial charge in [0.1, 0.15) is 19.3 Å². The van der Waals surface area contributed by atoms with Crippen molar-refractivity contribution < 1.29 is 80.2 Å². The second-order valence-electron chi connectivity index (χ2n) is 30.7. The van der Waals surface area contributed by atoms with Gasteiger partial charge in [-0.3, -0.25) is 37.3 Å². The van der Waals surface area contributed by atoms with Gasteiger partial charge >= 0.3 is 39.5 Å². The first-order valence-electron chi connectivity index (χ1n) is 41.2. The van der Waals surface area contributed by atoms with Gasteiger partial charge in [0, 0.05) is 25.7 Å². The number of aliphatic hydroxyl groups excluding tert-OH is 1. The van der Waals surface area contributed by atoms with Crippen LogP contribution in [0.5, 0.6) is 0 Å². The highest BCUT2D eigenvalue weighted by molar-refractivity contribution is 7.47. The van der Waals surface area contributed by atoms with Gasteiger partial charge in [-0.1, -0.05) is 357 Å². The summed E-state index contributed by atoms with van der Waals surface area (Å²) in [6, 6.07) is 0. The fourth-order valence-electron chi connectivity index (χ4n) is 12.3. The van der Waals surface area contributed by atoms with Crippen molar-refractivity contribution in [3.8, 4) is 0 Å². The number of hydrogen-bond donors (Lipinski definition) is 3. The van der Waals surface area contributed by atoms with Crippen molar-refractivity contribution in [2.45, 2.75) is 427 Å². The summed E-state index contributed by atoms with van der Waals surface area (Å²) in [5, 5.41) is 10.6. The van der Waals surface area contributed by atoms with Crippen molar-refractivity contribution in [3.05, 3.63) is 0 Å².